The van der Waals surface area contributed by atoms with Crippen molar-refractivity contribution in [2.45, 2.75) is 30.8 Å². The number of nitrogens with one attached hydrogen (secondary N) is 1. The highest BCUT2D eigenvalue weighted by atomic mass is 19.1. The van der Waals surface area contributed by atoms with E-state index in [1.165, 1.54) is 12.1 Å². The molecule has 2 aromatic rings. The lowest BCUT2D eigenvalue weighted by molar-refractivity contribution is -0.131. The minimum Gasteiger partial charge on any atom is -0.344 e. The van der Waals surface area contributed by atoms with Crippen molar-refractivity contribution >= 4 is 5.91 Å². The molecule has 0 radical (unpaired) electrons. The summed E-state index contributed by atoms with van der Waals surface area (Å²) in [5.74, 6) is -1.01. The highest BCUT2D eigenvalue weighted by molar-refractivity contribution is 5.88. The van der Waals surface area contributed by atoms with E-state index in [4.69, 9.17) is 0 Å². The molecule has 0 bridgehead atoms. The number of carbonyl (C=O) groups excluding carboxylic acids is 1. The van der Waals surface area contributed by atoms with E-state index in [1.807, 2.05) is 31.3 Å². The molecule has 0 aliphatic carbocycles. The average Bonchev–Trinajstić information content (AvgIpc) is 3.14. The molecule has 2 aromatic carbocycles. The number of rotatable bonds is 2. The Kier molecular flexibility index (Phi) is 3.84. The van der Waals surface area contributed by atoms with Crippen LogP contribution in [0.5, 0.6) is 0 Å². The summed E-state index contributed by atoms with van der Waals surface area (Å²) in [6.45, 7) is 0.779. The minimum absolute atomic E-state index is 0.0776. The zero-order valence-corrected chi connectivity index (χ0v) is 14.1. The highest BCUT2D eigenvalue weighted by Gasteiger charge is 2.49. The van der Waals surface area contributed by atoms with Gasteiger partial charge in [0.1, 0.15) is 17.2 Å². The quantitative estimate of drug-likeness (QED) is 0.903. The predicted molar refractivity (Wildman–Crippen MR) is 91.9 cm³/mol. The van der Waals surface area contributed by atoms with Crippen LogP contribution >= 0.6 is 0 Å². The zero-order chi connectivity index (χ0) is 17.6. The van der Waals surface area contributed by atoms with E-state index in [0.717, 1.165) is 43.0 Å². The summed E-state index contributed by atoms with van der Waals surface area (Å²) < 4.78 is 27.0. The molecular weight excluding hydrogens is 322 g/mol. The Morgan fingerprint density at radius 3 is 2.52 bits per heavy atom. The molecule has 5 heteroatoms. The van der Waals surface area contributed by atoms with Gasteiger partial charge in [-0.1, -0.05) is 18.2 Å². The topological polar surface area (TPSA) is 32.3 Å². The van der Waals surface area contributed by atoms with Crippen molar-refractivity contribution < 1.29 is 13.6 Å². The van der Waals surface area contributed by atoms with Crippen LogP contribution in [0.1, 0.15) is 30.9 Å². The van der Waals surface area contributed by atoms with E-state index >= 15 is 0 Å². The Balaban J connectivity index is 1.61. The number of likely N-dealkylation sites (tertiary alicyclic amines) is 1. The molecular formula is C20H20F2N2O. The molecule has 2 atom stereocenters. The first-order valence-electron chi connectivity index (χ1n) is 8.57. The van der Waals surface area contributed by atoms with Gasteiger partial charge in [-0.15, -0.1) is 0 Å². The van der Waals surface area contributed by atoms with Crippen molar-refractivity contribution in [1.29, 1.82) is 0 Å². The second-order valence-corrected chi connectivity index (χ2v) is 7.08. The Morgan fingerprint density at radius 1 is 1.08 bits per heavy atom. The van der Waals surface area contributed by atoms with Gasteiger partial charge in [0.25, 0.3) is 0 Å². The van der Waals surface area contributed by atoms with E-state index < -0.39 is 17.2 Å². The smallest absolute Gasteiger partial charge is 0.242 e. The third-order valence-electron chi connectivity index (χ3n) is 5.43. The molecule has 1 amide bonds. The average molecular weight is 342 g/mol. The third kappa shape index (κ3) is 2.82. The monoisotopic (exact) mass is 342 g/mol. The van der Waals surface area contributed by atoms with Crippen molar-refractivity contribution in [3.05, 3.63) is 59.7 Å². The lowest BCUT2D eigenvalue weighted by atomic mass is 9.95. The Morgan fingerprint density at radius 2 is 1.84 bits per heavy atom. The molecule has 2 heterocycles. The van der Waals surface area contributed by atoms with E-state index in [0.29, 0.717) is 5.56 Å². The van der Waals surface area contributed by atoms with Gasteiger partial charge in [0.05, 0.1) is 0 Å². The van der Waals surface area contributed by atoms with Gasteiger partial charge in [-0.25, -0.2) is 8.78 Å². The normalized spacial score (nSPS) is 26.0. The molecule has 130 valence electrons. The minimum atomic E-state index is -0.585. The predicted octanol–water partition coefficient (Wildman–Crippen LogP) is 3.66. The van der Waals surface area contributed by atoms with Crippen molar-refractivity contribution in [3.8, 4) is 11.1 Å². The van der Waals surface area contributed by atoms with E-state index in [9.17, 15) is 13.6 Å². The number of benzene rings is 2. The van der Waals surface area contributed by atoms with Crippen molar-refractivity contribution in [3.63, 3.8) is 0 Å². The number of halogens is 2. The number of hydrogen-bond acceptors (Lipinski definition) is 2. The van der Waals surface area contributed by atoms with E-state index in [1.54, 1.807) is 4.90 Å². The van der Waals surface area contributed by atoms with Gasteiger partial charge in [0.2, 0.25) is 5.91 Å². The summed E-state index contributed by atoms with van der Waals surface area (Å²) in [6, 6.07) is 11.3. The molecule has 0 saturated carbocycles. The van der Waals surface area contributed by atoms with Gasteiger partial charge in [-0.3, -0.25) is 10.1 Å². The fourth-order valence-electron chi connectivity index (χ4n) is 4.07. The maximum Gasteiger partial charge on any atom is 0.242 e. The summed E-state index contributed by atoms with van der Waals surface area (Å²) in [5.41, 5.74) is 1.89. The van der Waals surface area contributed by atoms with Gasteiger partial charge in [-0.2, -0.15) is 0 Å². The fraction of sp³-hybridized carbons (Fsp3) is 0.350. The van der Waals surface area contributed by atoms with Crippen LogP contribution < -0.4 is 5.32 Å². The van der Waals surface area contributed by atoms with E-state index in [-0.39, 0.29) is 11.9 Å². The molecule has 25 heavy (non-hydrogen) atoms. The lowest BCUT2D eigenvalue weighted by Crippen LogP contribution is -2.47. The van der Waals surface area contributed by atoms with E-state index in [2.05, 4.69) is 5.32 Å². The Hall–Kier alpha value is -2.27. The number of hydrogen-bond donors (Lipinski definition) is 1. The first-order chi connectivity index (χ1) is 12.0. The van der Waals surface area contributed by atoms with Gasteiger partial charge < -0.3 is 4.90 Å². The zero-order valence-electron chi connectivity index (χ0n) is 14.1. The molecule has 1 spiro atoms. The molecule has 2 aliphatic rings. The molecule has 0 aromatic heterocycles. The standard InChI is InChI=1S/C20H20F2N2O/c1-24-8-7-20(19(24)25)6-5-18(23-20)14-4-2-3-13(9-14)15-10-16(21)12-17(22)11-15/h2-4,9-12,18,23H,5-8H2,1H3/t18-,20-/m1/s1. The second-order valence-electron chi connectivity index (χ2n) is 7.08. The van der Waals surface area contributed by atoms with Gasteiger partial charge in [0.15, 0.2) is 0 Å². The highest BCUT2D eigenvalue weighted by Crippen LogP contribution is 2.39. The summed E-state index contributed by atoms with van der Waals surface area (Å²) in [4.78, 5) is 14.2. The Labute approximate surface area is 145 Å². The van der Waals surface area contributed by atoms with Crippen LogP contribution in [0.3, 0.4) is 0 Å². The van der Waals surface area contributed by atoms with Crippen LogP contribution in [0.15, 0.2) is 42.5 Å². The molecule has 1 N–H and O–H groups in total. The van der Waals surface area contributed by atoms with Gasteiger partial charge >= 0.3 is 0 Å². The van der Waals surface area contributed by atoms with Crippen LogP contribution in [0.25, 0.3) is 11.1 Å². The second kappa shape index (κ2) is 5.92. The fourth-order valence-corrected chi connectivity index (χ4v) is 4.07. The first kappa shape index (κ1) is 16.2. The number of likely N-dealkylation sites (N-methyl/N-ethyl adjacent to an activating group) is 1. The Bertz CT molecular complexity index is 818. The molecule has 2 aliphatic heterocycles. The van der Waals surface area contributed by atoms with Crippen LogP contribution in [0.2, 0.25) is 0 Å². The maximum atomic E-state index is 13.5. The van der Waals surface area contributed by atoms with Crippen molar-refractivity contribution in [2.75, 3.05) is 13.6 Å². The number of nitrogens with zero attached hydrogens (tertiary/aromatic N) is 1. The van der Waals surface area contributed by atoms with Crippen LogP contribution in [0.4, 0.5) is 8.78 Å². The molecule has 4 rings (SSSR count). The van der Waals surface area contributed by atoms with Crippen molar-refractivity contribution in [2.24, 2.45) is 0 Å². The summed E-state index contributed by atoms with van der Waals surface area (Å²) >= 11 is 0. The number of amides is 1. The lowest BCUT2D eigenvalue weighted by Gasteiger charge is -2.23. The maximum absolute atomic E-state index is 13.5. The first-order valence-corrected chi connectivity index (χ1v) is 8.57. The summed E-state index contributed by atoms with van der Waals surface area (Å²) in [7, 11) is 1.84. The van der Waals surface area contributed by atoms with Crippen LogP contribution in [-0.2, 0) is 4.79 Å². The SMILES string of the molecule is CN1CC[C@]2(CC[C@H](c3cccc(-c4cc(F)cc(F)c4)c3)N2)C1=O. The molecule has 2 saturated heterocycles. The third-order valence-corrected chi connectivity index (χ3v) is 5.43. The van der Waals surface area contributed by atoms with Gasteiger partial charge in [-0.05, 0) is 54.2 Å². The summed E-state index contributed by atoms with van der Waals surface area (Å²) in [5, 5.41) is 3.52. The molecule has 3 nitrogen and oxygen atoms in total. The molecule has 2 fully saturated rings. The van der Waals surface area contributed by atoms with Crippen LogP contribution in [0, 0.1) is 11.6 Å². The van der Waals surface area contributed by atoms with Crippen LogP contribution in [-0.4, -0.2) is 29.9 Å². The summed E-state index contributed by atoms with van der Waals surface area (Å²) in [6.07, 6.45) is 2.52. The largest absolute Gasteiger partial charge is 0.344 e. The van der Waals surface area contributed by atoms with Crippen molar-refractivity contribution in [1.82, 2.24) is 10.2 Å². The van der Waals surface area contributed by atoms with Gasteiger partial charge in [0, 0.05) is 25.7 Å². The number of carbonyl (C=O) groups is 1. The molecule has 0 unspecified atom stereocenters.